The lowest BCUT2D eigenvalue weighted by molar-refractivity contribution is -0.142. The molecule has 1 N–H and O–H groups in total. The van der Waals surface area contributed by atoms with Gasteiger partial charge in [-0.05, 0) is 47.4 Å². The fourth-order valence-corrected chi connectivity index (χ4v) is 3.82. The summed E-state index contributed by atoms with van der Waals surface area (Å²) in [6, 6.07) is 24.5. The highest BCUT2D eigenvalue weighted by molar-refractivity contribution is 9.10. The van der Waals surface area contributed by atoms with Crippen LogP contribution in [0.25, 0.3) is 0 Å². The number of hydrogen-bond acceptors (Lipinski definition) is 3. The van der Waals surface area contributed by atoms with E-state index in [0.717, 1.165) is 22.0 Å². The lowest BCUT2D eigenvalue weighted by Crippen LogP contribution is -2.51. The van der Waals surface area contributed by atoms with Crippen molar-refractivity contribution in [1.82, 2.24) is 10.2 Å². The average Bonchev–Trinajstić information content (AvgIpc) is 2.86. The maximum absolute atomic E-state index is 13.4. The van der Waals surface area contributed by atoms with Crippen LogP contribution < -0.4 is 10.1 Å². The highest BCUT2D eigenvalue weighted by atomic mass is 79.9. The molecule has 0 radical (unpaired) electrons. The second-order valence-corrected chi connectivity index (χ2v) is 8.67. The number of hydrogen-bond donors (Lipinski definition) is 1. The van der Waals surface area contributed by atoms with E-state index in [2.05, 4.69) is 28.2 Å². The van der Waals surface area contributed by atoms with E-state index in [9.17, 15) is 9.59 Å². The fraction of sp³-hybridized carbons (Fsp3) is 0.259. The number of benzene rings is 3. The third-order valence-corrected chi connectivity index (χ3v) is 6.01. The summed E-state index contributed by atoms with van der Waals surface area (Å²) >= 11 is 3.44. The first-order valence-corrected chi connectivity index (χ1v) is 11.8. The minimum absolute atomic E-state index is 0.149. The molecule has 0 aromatic heterocycles. The van der Waals surface area contributed by atoms with E-state index >= 15 is 0 Å². The largest absolute Gasteiger partial charge is 0.484 e. The number of halogens is 1. The maximum atomic E-state index is 13.4. The Hall–Kier alpha value is -3.12. The zero-order valence-electron chi connectivity index (χ0n) is 19.0. The molecule has 1 atom stereocenters. The standard InChI is InChI=1S/C27H29BrN2O3/c1-3-20-11-15-24(16-12-20)33-19-26(31)30(18-22-9-13-23(28)14-10-22)25(27(32)29-2)17-21-7-5-4-6-8-21/h4-16,25H,3,17-19H2,1-2H3,(H,29,32)/t25-/m0/s1. The number of aryl methyl sites for hydroxylation is 1. The molecule has 0 fully saturated rings. The van der Waals surface area contributed by atoms with Gasteiger partial charge >= 0.3 is 0 Å². The number of amides is 2. The van der Waals surface area contributed by atoms with Gasteiger partial charge in [-0.1, -0.05) is 77.5 Å². The van der Waals surface area contributed by atoms with E-state index < -0.39 is 6.04 Å². The highest BCUT2D eigenvalue weighted by Gasteiger charge is 2.30. The van der Waals surface area contributed by atoms with Crippen molar-refractivity contribution in [1.29, 1.82) is 0 Å². The van der Waals surface area contributed by atoms with Crippen LogP contribution in [0.3, 0.4) is 0 Å². The van der Waals surface area contributed by atoms with Crippen LogP contribution in [0.5, 0.6) is 5.75 Å². The van der Waals surface area contributed by atoms with E-state index in [1.54, 1.807) is 11.9 Å². The summed E-state index contributed by atoms with van der Waals surface area (Å²) in [4.78, 5) is 27.9. The number of ether oxygens (including phenoxy) is 1. The van der Waals surface area contributed by atoms with Crippen molar-refractivity contribution in [2.75, 3.05) is 13.7 Å². The van der Waals surface area contributed by atoms with Crippen molar-refractivity contribution in [3.63, 3.8) is 0 Å². The zero-order valence-corrected chi connectivity index (χ0v) is 20.5. The molecule has 0 saturated carbocycles. The molecule has 0 spiro atoms. The van der Waals surface area contributed by atoms with Gasteiger partial charge in [-0.25, -0.2) is 0 Å². The minimum Gasteiger partial charge on any atom is -0.484 e. The molecular weight excluding hydrogens is 480 g/mol. The van der Waals surface area contributed by atoms with Crippen molar-refractivity contribution < 1.29 is 14.3 Å². The topological polar surface area (TPSA) is 58.6 Å². The monoisotopic (exact) mass is 508 g/mol. The Bertz CT molecular complexity index is 1040. The van der Waals surface area contributed by atoms with Crippen molar-refractivity contribution >= 4 is 27.7 Å². The molecule has 172 valence electrons. The SMILES string of the molecule is CCc1ccc(OCC(=O)N(Cc2ccc(Br)cc2)[C@@H](Cc2ccccc2)C(=O)NC)cc1. The van der Waals surface area contributed by atoms with E-state index in [-0.39, 0.29) is 18.4 Å². The molecular formula is C27H29BrN2O3. The van der Waals surface area contributed by atoms with Gasteiger partial charge in [-0.3, -0.25) is 9.59 Å². The first-order valence-electron chi connectivity index (χ1n) is 11.0. The summed E-state index contributed by atoms with van der Waals surface area (Å²) in [7, 11) is 1.59. The Morgan fingerprint density at radius 1 is 0.909 bits per heavy atom. The first-order chi connectivity index (χ1) is 16.0. The minimum atomic E-state index is -0.667. The number of nitrogens with zero attached hydrogens (tertiary/aromatic N) is 1. The molecule has 0 saturated heterocycles. The summed E-state index contributed by atoms with van der Waals surface area (Å²) in [5.41, 5.74) is 3.12. The first kappa shape index (κ1) is 24.5. The van der Waals surface area contributed by atoms with Gasteiger partial charge in [-0.15, -0.1) is 0 Å². The summed E-state index contributed by atoms with van der Waals surface area (Å²) in [6.07, 6.45) is 1.35. The van der Waals surface area contributed by atoms with Gasteiger partial charge in [0.15, 0.2) is 6.61 Å². The van der Waals surface area contributed by atoms with Crippen molar-refractivity contribution in [3.8, 4) is 5.75 Å². The van der Waals surface area contributed by atoms with Gasteiger partial charge in [0, 0.05) is 24.5 Å². The van der Waals surface area contributed by atoms with E-state index in [1.807, 2.05) is 78.9 Å². The summed E-state index contributed by atoms with van der Waals surface area (Å²) in [6.45, 7) is 2.24. The van der Waals surface area contributed by atoms with Gasteiger partial charge < -0.3 is 15.0 Å². The molecule has 0 unspecified atom stereocenters. The third kappa shape index (κ3) is 7.19. The predicted molar refractivity (Wildman–Crippen MR) is 134 cm³/mol. The maximum Gasteiger partial charge on any atom is 0.261 e. The van der Waals surface area contributed by atoms with Crippen molar-refractivity contribution in [2.45, 2.75) is 32.4 Å². The third-order valence-electron chi connectivity index (χ3n) is 5.48. The zero-order chi connectivity index (χ0) is 23.6. The molecule has 3 aromatic rings. The molecule has 0 aliphatic heterocycles. The van der Waals surface area contributed by atoms with Gasteiger partial charge in [0.05, 0.1) is 0 Å². The number of rotatable bonds is 10. The summed E-state index contributed by atoms with van der Waals surface area (Å²) in [5.74, 6) is 0.169. The summed E-state index contributed by atoms with van der Waals surface area (Å²) in [5, 5.41) is 2.72. The van der Waals surface area contributed by atoms with Gasteiger partial charge in [0.25, 0.3) is 5.91 Å². The molecule has 6 heteroatoms. The molecule has 0 heterocycles. The molecule has 3 rings (SSSR count). The van der Waals surface area contributed by atoms with Crippen LogP contribution in [0.15, 0.2) is 83.3 Å². The second kappa shape index (κ2) is 12.2. The predicted octanol–water partition coefficient (Wildman–Crippen LogP) is 4.78. The molecule has 2 amide bonds. The fourth-order valence-electron chi connectivity index (χ4n) is 3.56. The number of carbonyl (C=O) groups is 2. The molecule has 0 aliphatic carbocycles. The highest BCUT2D eigenvalue weighted by Crippen LogP contribution is 2.18. The Morgan fingerprint density at radius 2 is 1.55 bits per heavy atom. The average molecular weight is 509 g/mol. The van der Waals surface area contributed by atoms with Crippen LogP contribution in [0.4, 0.5) is 0 Å². The molecule has 0 bridgehead atoms. The number of likely N-dealkylation sites (N-methyl/N-ethyl adjacent to an activating group) is 1. The second-order valence-electron chi connectivity index (χ2n) is 7.75. The van der Waals surface area contributed by atoms with Crippen LogP contribution in [-0.2, 0) is 29.0 Å². The van der Waals surface area contributed by atoms with Crippen molar-refractivity contribution in [2.24, 2.45) is 0 Å². The number of carbonyl (C=O) groups excluding carboxylic acids is 2. The van der Waals surface area contributed by atoms with Gasteiger partial charge in [-0.2, -0.15) is 0 Å². The van der Waals surface area contributed by atoms with Crippen LogP contribution >= 0.6 is 15.9 Å². The Kier molecular flexibility index (Phi) is 9.07. The lowest BCUT2D eigenvalue weighted by Gasteiger charge is -2.31. The Labute approximate surface area is 203 Å². The van der Waals surface area contributed by atoms with E-state index in [4.69, 9.17) is 4.74 Å². The van der Waals surface area contributed by atoms with E-state index in [0.29, 0.717) is 18.7 Å². The van der Waals surface area contributed by atoms with Crippen molar-refractivity contribution in [3.05, 3.63) is 100 Å². The summed E-state index contributed by atoms with van der Waals surface area (Å²) < 4.78 is 6.74. The van der Waals surface area contributed by atoms with E-state index in [1.165, 1.54) is 5.56 Å². The van der Waals surface area contributed by atoms with Crippen LogP contribution in [0, 0.1) is 0 Å². The van der Waals surface area contributed by atoms with Gasteiger partial charge in [0.2, 0.25) is 5.91 Å². The molecule has 5 nitrogen and oxygen atoms in total. The quantitative estimate of drug-likeness (QED) is 0.428. The molecule has 3 aromatic carbocycles. The van der Waals surface area contributed by atoms with Crippen LogP contribution in [-0.4, -0.2) is 36.4 Å². The lowest BCUT2D eigenvalue weighted by atomic mass is 10.0. The van der Waals surface area contributed by atoms with Crippen LogP contribution in [0.2, 0.25) is 0 Å². The number of nitrogens with one attached hydrogen (secondary N) is 1. The molecule has 0 aliphatic rings. The Balaban J connectivity index is 1.84. The normalized spacial score (nSPS) is 11.5. The molecule has 33 heavy (non-hydrogen) atoms. The van der Waals surface area contributed by atoms with Crippen LogP contribution in [0.1, 0.15) is 23.6 Å². The van der Waals surface area contributed by atoms with Gasteiger partial charge in [0.1, 0.15) is 11.8 Å². The Morgan fingerprint density at radius 3 is 2.15 bits per heavy atom. The smallest absolute Gasteiger partial charge is 0.261 e.